The van der Waals surface area contributed by atoms with E-state index in [4.69, 9.17) is 0 Å². The van der Waals surface area contributed by atoms with E-state index < -0.39 is 0 Å². The van der Waals surface area contributed by atoms with E-state index in [0.717, 1.165) is 31.5 Å². The van der Waals surface area contributed by atoms with Gasteiger partial charge < -0.3 is 5.11 Å². The molecule has 2 N–H and O–H groups in total. The normalized spacial score (nSPS) is 22.8. The first-order valence-corrected chi connectivity index (χ1v) is 11.8. The fourth-order valence-electron chi connectivity index (χ4n) is 4.17. The summed E-state index contributed by atoms with van der Waals surface area (Å²) < 4.78 is 1.38. The van der Waals surface area contributed by atoms with Gasteiger partial charge in [0.25, 0.3) is 11.3 Å². The number of fused-ring (bicyclic) bond motifs is 1. The Morgan fingerprint density at radius 1 is 1.43 bits per heavy atom. The molecule has 1 unspecified atom stereocenters. The molecule has 0 saturated heterocycles. The molecule has 3 rings (SSSR count). The summed E-state index contributed by atoms with van der Waals surface area (Å²) in [4.78, 5) is 24.2. The Kier molecular flexibility index (Phi) is 7.87. The van der Waals surface area contributed by atoms with Crippen LogP contribution in [0, 0.1) is 0 Å². The fourth-order valence-corrected chi connectivity index (χ4v) is 4.73. The second-order valence-electron chi connectivity index (χ2n) is 8.69. The molecule has 2 aromatic heterocycles. The van der Waals surface area contributed by atoms with E-state index >= 15 is 0 Å². The first-order chi connectivity index (χ1) is 14.3. The molecule has 2 aromatic rings. The minimum Gasteiger partial charge on any atom is -0.395 e. The van der Waals surface area contributed by atoms with E-state index in [1.165, 1.54) is 17.4 Å². The lowest BCUT2D eigenvalue weighted by molar-refractivity contribution is 0.130. The lowest BCUT2D eigenvalue weighted by Crippen LogP contribution is -2.42. The second kappa shape index (κ2) is 10.2. The van der Waals surface area contributed by atoms with Crippen molar-refractivity contribution in [2.45, 2.75) is 82.1 Å². The number of halogens is 1. The molecule has 0 amide bonds. The molecule has 30 heavy (non-hydrogen) atoms. The molecule has 3 atom stereocenters. The largest absolute Gasteiger partial charge is 0.395 e. The molecular formula is C22H34BrN5O2. The highest BCUT2D eigenvalue weighted by Crippen LogP contribution is 2.33. The highest BCUT2D eigenvalue weighted by atomic mass is 79.9. The molecule has 8 heteroatoms. The van der Waals surface area contributed by atoms with Gasteiger partial charge in [-0.2, -0.15) is 9.50 Å². The van der Waals surface area contributed by atoms with Crippen molar-refractivity contribution in [1.82, 2.24) is 24.5 Å². The van der Waals surface area contributed by atoms with Crippen molar-refractivity contribution < 1.29 is 5.11 Å². The van der Waals surface area contributed by atoms with E-state index in [1.807, 2.05) is 0 Å². The number of aromatic nitrogens is 4. The number of allylic oxidation sites excluding steroid dienone is 1. The van der Waals surface area contributed by atoms with Crippen LogP contribution in [0.4, 0.5) is 0 Å². The number of alkyl halides is 1. The molecule has 0 aromatic carbocycles. The minimum atomic E-state index is -0.146. The molecule has 0 fully saturated rings. The number of nitrogens with zero attached hydrogens (tertiary/aromatic N) is 4. The van der Waals surface area contributed by atoms with Gasteiger partial charge in [-0.15, -0.1) is 0 Å². The predicted octanol–water partition coefficient (Wildman–Crippen LogP) is 3.77. The lowest BCUT2D eigenvalue weighted by atomic mass is 9.92. The highest BCUT2D eigenvalue weighted by Gasteiger charge is 2.29. The van der Waals surface area contributed by atoms with E-state index in [0.29, 0.717) is 24.6 Å². The molecule has 0 spiro atoms. The summed E-state index contributed by atoms with van der Waals surface area (Å²) in [5, 5.41) is 12.7. The first-order valence-electron chi connectivity index (χ1n) is 11.0. The zero-order valence-corrected chi connectivity index (χ0v) is 19.9. The third-order valence-corrected chi connectivity index (χ3v) is 6.47. The summed E-state index contributed by atoms with van der Waals surface area (Å²) >= 11 is 3.76. The molecule has 7 nitrogen and oxygen atoms in total. The smallest absolute Gasteiger partial charge is 0.274 e. The van der Waals surface area contributed by atoms with Crippen LogP contribution < -0.4 is 5.56 Å². The van der Waals surface area contributed by atoms with Gasteiger partial charge in [0.1, 0.15) is 5.82 Å². The van der Waals surface area contributed by atoms with E-state index in [-0.39, 0.29) is 28.5 Å². The Bertz CT molecular complexity index is 920. The predicted molar refractivity (Wildman–Crippen MR) is 123 cm³/mol. The summed E-state index contributed by atoms with van der Waals surface area (Å²) in [6, 6.07) is 1.85. The molecule has 166 valence electrons. The molecular weight excluding hydrogens is 446 g/mol. The third kappa shape index (κ3) is 5.80. The Labute approximate surface area is 186 Å². The highest BCUT2D eigenvalue weighted by molar-refractivity contribution is 9.10. The Morgan fingerprint density at radius 3 is 2.93 bits per heavy atom. The van der Waals surface area contributed by atoms with Crippen molar-refractivity contribution in [2.75, 3.05) is 13.2 Å². The maximum atomic E-state index is 12.7. The zero-order valence-electron chi connectivity index (χ0n) is 18.3. The van der Waals surface area contributed by atoms with Gasteiger partial charge in [-0.1, -0.05) is 61.2 Å². The number of H-pyrrole nitrogens is 1. The maximum absolute atomic E-state index is 12.7. The van der Waals surface area contributed by atoms with Crippen LogP contribution in [0.3, 0.4) is 0 Å². The van der Waals surface area contributed by atoms with Crippen LogP contribution in [0.1, 0.15) is 76.7 Å². The van der Waals surface area contributed by atoms with Crippen LogP contribution in [0.2, 0.25) is 0 Å². The van der Waals surface area contributed by atoms with Crippen LogP contribution in [-0.2, 0) is 6.54 Å². The molecule has 0 saturated carbocycles. The number of aromatic amines is 1. The molecule has 1 aliphatic carbocycles. The van der Waals surface area contributed by atoms with Crippen LogP contribution in [0.15, 0.2) is 23.0 Å². The summed E-state index contributed by atoms with van der Waals surface area (Å²) in [7, 11) is 0. The average Bonchev–Trinajstić information content (AvgIpc) is 3.12. The number of unbranched alkanes of at least 4 members (excludes halogenated alkanes) is 2. The Morgan fingerprint density at radius 2 is 2.23 bits per heavy atom. The van der Waals surface area contributed by atoms with E-state index in [9.17, 15) is 9.90 Å². The van der Waals surface area contributed by atoms with Crippen LogP contribution >= 0.6 is 15.9 Å². The summed E-state index contributed by atoms with van der Waals surface area (Å²) in [5.74, 6) is 1.50. The van der Waals surface area contributed by atoms with E-state index in [1.54, 1.807) is 6.07 Å². The molecule has 0 radical (unpaired) electrons. The lowest BCUT2D eigenvalue weighted by Gasteiger charge is -2.37. The first kappa shape index (κ1) is 23.2. The number of nitrogens with one attached hydrogen (secondary N) is 1. The van der Waals surface area contributed by atoms with Crippen molar-refractivity contribution in [2.24, 2.45) is 0 Å². The van der Waals surface area contributed by atoms with Crippen molar-refractivity contribution in [3.8, 4) is 0 Å². The Hall–Kier alpha value is -1.51. The van der Waals surface area contributed by atoms with Crippen molar-refractivity contribution >= 4 is 21.7 Å². The molecule has 1 aliphatic rings. The van der Waals surface area contributed by atoms with Crippen molar-refractivity contribution in [3.05, 3.63) is 40.1 Å². The number of aliphatic hydroxyl groups excluding tert-OH is 1. The van der Waals surface area contributed by atoms with Crippen LogP contribution in [-0.4, -0.2) is 53.1 Å². The van der Waals surface area contributed by atoms with Gasteiger partial charge in [-0.3, -0.25) is 14.8 Å². The van der Waals surface area contributed by atoms with Gasteiger partial charge >= 0.3 is 0 Å². The average molecular weight is 480 g/mol. The quantitative estimate of drug-likeness (QED) is 0.307. The van der Waals surface area contributed by atoms with Gasteiger partial charge in [0, 0.05) is 35.4 Å². The number of hydrogen-bond acceptors (Lipinski definition) is 5. The van der Waals surface area contributed by atoms with Gasteiger partial charge in [0.05, 0.1) is 12.3 Å². The topological polar surface area (TPSA) is 86.5 Å². The minimum absolute atomic E-state index is 0.0500. The maximum Gasteiger partial charge on any atom is 0.274 e. The number of hydrogen-bond donors (Lipinski definition) is 2. The fraction of sp³-hybridized carbons (Fsp3) is 0.682. The molecule has 0 bridgehead atoms. The van der Waals surface area contributed by atoms with Gasteiger partial charge in [-0.25, -0.2) is 4.98 Å². The number of rotatable bonds is 10. The zero-order chi connectivity index (χ0) is 21.7. The summed E-state index contributed by atoms with van der Waals surface area (Å²) in [6.07, 6.45) is 10.8. The second-order valence-corrected chi connectivity index (χ2v) is 10.5. The SMILES string of the molecule is CCCCC[C@@H](C)c1nc2nc(CN(CCO)[C@H]3CC=CC(C)(Br)C3)cc(=O)n2[nH]1. The monoisotopic (exact) mass is 479 g/mol. The summed E-state index contributed by atoms with van der Waals surface area (Å²) in [5.41, 5.74) is 0.545. The van der Waals surface area contributed by atoms with Gasteiger partial charge in [-0.05, 0) is 26.2 Å². The number of aliphatic hydroxyl groups is 1. The van der Waals surface area contributed by atoms with Gasteiger partial charge in [0.2, 0.25) is 0 Å². The van der Waals surface area contributed by atoms with Crippen molar-refractivity contribution in [1.29, 1.82) is 0 Å². The summed E-state index contributed by atoms with van der Waals surface area (Å²) in [6.45, 7) is 7.61. The molecule has 0 aliphatic heterocycles. The van der Waals surface area contributed by atoms with Crippen molar-refractivity contribution in [3.63, 3.8) is 0 Å². The Balaban J connectivity index is 1.79. The van der Waals surface area contributed by atoms with E-state index in [2.05, 4.69) is 68.8 Å². The molecule has 2 heterocycles. The standard InChI is InChI=1S/C22H34BrN5O2/c1-4-5-6-8-16(2)20-25-21-24-17(13-19(30)28(21)26-20)15-27(11-12-29)18-9-7-10-22(3,23)14-18/h7,10,13,16,18,29H,4-6,8-9,11-12,14-15H2,1-3H3,(H,24,25,26)/t16-,18+,22?/m1/s1. The van der Waals surface area contributed by atoms with Crippen LogP contribution in [0.25, 0.3) is 5.78 Å². The van der Waals surface area contributed by atoms with Crippen LogP contribution in [0.5, 0.6) is 0 Å². The van der Waals surface area contributed by atoms with Gasteiger partial charge in [0.15, 0.2) is 0 Å². The third-order valence-electron chi connectivity index (χ3n) is 5.89.